The Hall–Kier alpha value is -1.26. The zero-order valence-electron chi connectivity index (χ0n) is 11.2. The fraction of sp³-hybridized carbons (Fsp3) is 0.846. The van der Waals surface area contributed by atoms with Crippen LogP contribution in [0.15, 0.2) is 0 Å². The highest BCUT2D eigenvalue weighted by atomic mass is 16.4. The van der Waals surface area contributed by atoms with Crippen LogP contribution in [0.2, 0.25) is 0 Å². The second-order valence-electron chi connectivity index (χ2n) is 5.07. The molecule has 3 N–H and O–H groups in total. The van der Waals surface area contributed by atoms with Crippen molar-refractivity contribution in [3.63, 3.8) is 0 Å². The predicted molar refractivity (Wildman–Crippen MR) is 69.4 cm³/mol. The molecular formula is C13H24N2O3. The highest BCUT2D eigenvalue weighted by Crippen LogP contribution is 2.34. The zero-order chi connectivity index (χ0) is 13.5. The molecule has 104 valence electrons. The smallest absolute Gasteiger partial charge is 0.315 e. The molecule has 0 spiro atoms. The summed E-state index contributed by atoms with van der Waals surface area (Å²) in [4.78, 5) is 22.5. The molecule has 0 aromatic carbocycles. The van der Waals surface area contributed by atoms with Crippen molar-refractivity contribution in [1.82, 2.24) is 10.6 Å². The number of nitrogens with one attached hydrogen (secondary N) is 2. The molecule has 0 aliphatic heterocycles. The Morgan fingerprint density at radius 3 is 2.61 bits per heavy atom. The van der Waals surface area contributed by atoms with Crippen LogP contribution in [-0.4, -0.2) is 29.7 Å². The zero-order valence-corrected chi connectivity index (χ0v) is 11.2. The molecule has 1 rings (SSSR count). The number of hydrogen-bond acceptors (Lipinski definition) is 2. The van der Waals surface area contributed by atoms with Gasteiger partial charge in [-0.25, -0.2) is 4.79 Å². The molecule has 1 aliphatic carbocycles. The molecule has 0 aromatic heterocycles. The van der Waals surface area contributed by atoms with Gasteiger partial charge in [0.1, 0.15) is 0 Å². The number of carbonyl (C=O) groups excluding carboxylic acids is 1. The van der Waals surface area contributed by atoms with Crippen LogP contribution < -0.4 is 10.6 Å². The van der Waals surface area contributed by atoms with E-state index >= 15 is 0 Å². The molecule has 0 heterocycles. The SMILES string of the molecule is CCCC(CNC(=O)NC1CC1CCC)C(=O)O. The van der Waals surface area contributed by atoms with Crippen molar-refractivity contribution < 1.29 is 14.7 Å². The van der Waals surface area contributed by atoms with E-state index in [0.29, 0.717) is 18.4 Å². The highest BCUT2D eigenvalue weighted by Gasteiger charge is 2.37. The molecule has 2 amide bonds. The van der Waals surface area contributed by atoms with Crippen molar-refractivity contribution >= 4 is 12.0 Å². The van der Waals surface area contributed by atoms with Crippen LogP contribution >= 0.6 is 0 Å². The lowest BCUT2D eigenvalue weighted by Gasteiger charge is -2.13. The topological polar surface area (TPSA) is 78.4 Å². The second kappa shape index (κ2) is 7.24. The van der Waals surface area contributed by atoms with E-state index in [-0.39, 0.29) is 12.6 Å². The molecule has 18 heavy (non-hydrogen) atoms. The van der Waals surface area contributed by atoms with Crippen LogP contribution in [0.1, 0.15) is 46.0 Å². The number of amides is 2. The van der Waals surface area contributed by atoms with E-state index in [0.717, 1.165) is 25.7 Å². The van der Waals surface area contributed by atoms with Gasteiger partial charge in [0.25, 0.3) is 0 Å². The summed E-state index contributed by atoms with van der Waals surface area (Å²) in [6.07, 6.45) is 4.75. The van der Waals surface area contributed by atoms with Gasteiger partial charge in [-0.3, -0.25) is 4.79 Å². The molecule has 1 aliphatic rings. The molecule has 0 bridgehead atoms. The Kier molecular flexibility index (Phi) is 5.95. The van der Waals surface area contributed by atoms with Gasteiger partial charge in [-0.05, 0) is 25.2 Å². The Bertz CT molecular complexity index is 294. The first-order valence-corrected chi connectivity index (χ1v) is 6.85. The lowest BCUT2D eigenvalue weighted by Crippen LogP contribution is -2.41. The maximum atomic E-state index is 11.6. The standard InChI is InChI=1S/C13H24N2O3/c1-3-5-9-7-11(9)15-13(18)14-8-10(6-4-2)12(16)17/h9-11H,3-8H2,1-2H3,(H,16,17)(H2,14,15,18). The van der Waals surface area contributed by atoms with Gasteiger partial charge in [0.15, 0.2) is 0 Å². The van der Waals surface area contributed by atoms with E-state index in [4.69, 9.17) is 5.11 Å². The molecule has 3 unspecified atom stereocenters. The summed E-state index contributed by atoms with van der Waals surface area (Å²) in [5, 5.41) is 14.5. The van der Waals surface area contributed by atoms with Gasteiger partial charge in [-0.2, -0.15) is 0 Å². The molecule has 0 saturated heterocycles. The summed E-state index contributed by atoms with van der Waals surface area (Å²) in [5.74, 6) is -0.703. The first-order chi connectivity index (χ1) is 8.58. The van der Waals surface area contributed by atoms with Crippen LogP contribution in [0.25, 0.3) is 0 Å². The fourth-order valence-electron chi connectivity index (χ4n) is 2.21. The van der Waals surface area contributed by atoms with Crippen LogP contribution in [0, 0.1) is 11.8 Å². The number of carboxylic acids is 1. The fourth-order valence-corrected chi connectivity index (χ4v) is 2.21. The van der Waals surface area contributed by atoms with Crippen molar-refractivity contribution in [2.24, 2.45) is 11.8 Å². The van der Waals surface area contributed by atoms with E-state index in [1.54, 1.807) is 0 Å². The first kappa shape index (κ1) is 14.8. The average molecular weight is 256 g/mol. The number of urea groups is 1. The number of hydrogen-bond donors (Lipinski definition) is 3. The van der Waals surface area contributed by atoms with E-state index in [1.807, 2.05) is 6.92 Å². The van der Waals surface area contributed by atoms with Crippen molar-refractivity contribution in [2.75, 3.05) is 6.54 Å². The first-order valence-electron chi connectivity index (χ1n) is 6.85. The van der Waals surface area contributed by atoms with E-state index in [1.165, 1.54) is 0 Å². The number of aliphatic carboxylic acids is 1. The quantitative estimate of drug-likeness (QED) is 0.621. The normalized spacial score (nSPS) is 23.2. The monoisotopic (exact) mass is 256 g/mol. The summed E-state index contributed by atoms with van der Waals surface area (Å²) in [6.45, 7) is 4.29. The van der Waals surface area contributed by atoms with E-state index in [9.17, 15) is 9.59 Å². The van der Waals surface area contributed by atoms with Crippen molar-refractivity contribution in [3.05, 3.63) is 0 Å². The van der Waals surface area contributed by atoms with Gasteiger partial charge in [0.2, 0.25) is 0 Å². The van der Waals surface area contributed by atoms with Gasteiger partial charge in [-0.15, -0.1) is 0 Å². The molecule has 0 radical (unpaired) electrons. The van der Waals surface area contributed by atoms with Gasteiger partial charge in [-0.1, -0.05) is 26.7 Å². The molecular weight excluding hydrogens is 232 g/mol. The molecule has 5 nitrogen and oxygen atoms in total. The summed E-state index contributed by atoms with van der Waals surface area (Å²) in [5.41, 5.74) is 0. The Balaban J connectivity index is 2.18. The minimum absolute atomic E-state index is 0.209. The lowest BCUT2D eigenvalue weighted by molar-refractivity contribution is -0.141. The van der Waals surface area contributed by atoms with Crippen LogP contribution in [0.5, 0.6) is 0 Å². The molecule has 0 aromatic rings. The van der Waals surface area contributed by atoms with Gasteiger partial charge < -0.3 is 15.7 Å². The van der Waals surface area contributed by atoms with Gasteiger partial charge in [0.05, 0.1) is 5.92 Å². The maximum Gasteiger partial charge on any atom is 0.315 e. The van der Waals surface area contributed by atoms with Crippen molar-refractivity contribution in [3.8, 4) is 0 Å². The lowest BCUT2D eigenvalue weighted by atomic mass is 10.0. The Morgan fingerprint density at radius 1 is 1.33 bits per heavy atom. The minimum Gasteiger partial charge on any atom is -0.481 e. The molecule has 1 saturated carbocycles. The predicted octanol–water partition coefficient (Wildman–Crippen LogP) is 1.98. The van der Waals surface area contributed by atoms with Crippen LogP contribution in [0.3, 0.4) is 0 Å². The van der Waals surface area contributed by atoms with E-state index < -0.39 is 11.9 Å². The third kappa shape index (κ3) is 4.94. The van der Waals surface area contributed by atoms with Crippen molar-refractivity contribution in [2.45, 2.75) is 52.0 Å². The average Bonchev–Trinajstić information content (AvgIpc) is 3.02. The Morgan fingerprint density at radius 2 is 2.06 bits per heavy atom. The largest absolute Gasteiger partial charge is 0.481 e. The van der Waals surface area contributed by atoms with Gasteiger partial charge >= 0.3 is 12.0 Å². The third-order valence-corrected chi connectivity index (χ3v) is 3.39. The second-order valence-corrected chi connectivity index (χ2v) is 5.07. The third-order valence-electron chi connectivity index (χ3n) is 3.39. The Labute approximate surface area is 108 Å². The summed E-state index contributed by atoms with van der Waals surface area (Å²) in [6, 6.07) is 0.0559. The molecule has 1 fully saturated rings. The summed E-state index contributed by atoms with van der Waals surface area (Å²) in [7, 11) is 0. The summed E-state index contributed by atoms with van der Waals surface area (Å²) < 4.78 is 0. The molecule has 5 heteroatoms. The summed E-state index contributed by atoms with van der Waals surface area (Å²) >= 11 is 0. The number of rotatable bonds is 8. The van der Waals surface area contributed by atoms with Crippen LogP contribution in [0.4, 0.5) is 4.79 Å². The minimum atomic E-state index is -0.840. The number of carbonyl (C=O) groups is 2. The maximum absolute atomic E-state index is 11.6. The number of carboxylic acid groups (broad SMARTS) is 1. The van der Waals surface area contributed by atoms with Crippen molar-refractivity contribution in [1.29, 1.82) is 0 Å². The molecule has 3 atom stereocenters. The van der Waals surface area contributed by atoms with Gasteiger partial charge in [0, 0.05) is 12.6 Å². The van der Waals surface area contributed by atoms with Crippen LogP contribution in [-0.2, 0) is 4.79 Å². The van der Waals surface area contributed by atoms with E-state index in [2.05, 4.69) is 17.6 Å². The highest BCUT2D eigenvalue weighted by molar-refractivity contribution is 5.76.